The van der Waals surface area contributed by atoms with Crippen molar-refractivity contribution in [2.45, 2.75) is 32.7 Å². The monoisotopic (exact) mass is 278 g/mol. The second kappa shape index (κ2) is 9.95. The Labute approximate surface area is 119 Å². The minimum Gasteiger partial charge on any atom is -0.417 e. The van der Waals surface area contributed by atoms with Crippen molar-refractivity contribution in [1.82, 2.24) is 0 Å². The summed E-state index contributed by atoms with van der Waals surface area (Å²) in [5, 5.41) is 0. The van der Waals surface area contributed by atoms with Crippen LogP contribution in [0.4, 0.5) is 0 Å². The number of ether oxygens (including phenoxy) is 1. The van der Waals surface area contributed by atoms with Gasteiger partial charge in [0.25, 0.3) is 0 Å². The third-order valence-corrected chi connectivity index (χ3v) is 5.59. The molecule has 0 amide bonds. The zero-order valence-corrected chi connectivity index (χ0v) is 13.4. The van der Waals surface area contributed by atoms with Gasteiger partial charge in [0.2, 0.25) is 9.04 Å². The van der Waals surface area contributed by atoms with Crippen LogP contribution >= 0.6 is 0 Å². The first-order valence-corrected chi connectivity index (χ1v) is 9.31. The molecule has 0 spiro atoms. The highest BCUT2D eigenvalue weighted by molar-refractivity contribution is 6.51. The summed E-state index contributed by atoms with van der Waals surface area (Å²) < 4.78 is 11.6. The molecule has 0 N–H and O–H groups in total. The maximum atomic E-state index is 6.05. The Hall–Kier alpha value is -0.903. The molecule has 1 aromatic rings. The first kappa shape index (κ1) is 16.2. The lowest BCUT2D eigenvalue weighted by Gasteiger charge is -2.15. The van der Waals surface area contributed by atoms with Crippen LogP contribution in [0.3, 0.4) is 0 Å². The molecule has 0 aliphatic rings. The smallest absolute Gasteiger partial charge is 0.202 e. The molecule has 0 fully saturated rings. The molecule has 0 saturated carbocycles. The Balaban J connectivity index is 2.35. The Morgan fingerprint density at radius 1 is 1.32 bits per heavy atom. The number of benzene rings is 1. The van der Waals surface area contributed by atoms with Crippen molar-refractivity contribution >= 4 is 15.1 Å². The Morgan fingerprint density at radius 3 is 2.84 bits per heavy atom. The summed E-state index contributed by atoms with van der Waals surface area (Å²) in [6.45, 7) is 9.65. The first-order valence-electron chi connectivity index (χ1n) is 7.20. The summed E-state index contributed by atoms with van der Waals surface area (Å²) in [6, 6.07) is 9.67. The number of rotatable bonds is 10. The summed E-state index contributed by atoms with van der Waals surface area (Å²) in [7, 11) is -1.15. The standard InChI is InChI=1S/C16H26O2Si/c1-4-12-19(14-17-6-3)18-11-10-16-9-7-8-15(5-2)13-16/h5,7-9,13,19H,2,4,6,10-12,14H2,1,3H3. The molecule has 3 heteroatoms. The van der Waals surface area contributed by atoms with Crippen LogP contribution in [0.1, 0.15) is 31.4 Å². The molecular formula is C16H26O2Si. The summed E-state index contributed by atoms with van der Waals surface area (Å²) >= 11 is 0. The van der Waals surface area contributed by atoms with Crippen LogP contribution in [0.15, 0.2) is 30.8 Å². The molecule has 0 radical (unpaired) electrons. The van der Waals surface area contributed by atoms with E-state index >= 15 is 0 Å². The average molecular weight is 278 g/mol. The lowest BCUT2D eigenvalue weighted by molar-refractivity contribution is 0.171. The van der Waals surface area contributed by atoms with Crippen molar-refractivity contribution in [1.29, 1.82) is 0 Å². The molecular weight excluding hydrogens is 252 g/mol. The second-order valence-electron chi connectivity index (χ2n) is 4.64. The van der Waals surface area contributed by atoms with Crippen LogP contribution < -0.4 is 0 Å². The molecule has 19 heavy (non-hydrogen) atoms. The Bertz CT molecular complexity index is 366. The average Bonchev–Trinajstić information content (AvgIpc) is 2.45. The van der Waals surface area contributed by atoms with E-state index < -0.39 is 9.04 Å². The highest BCUT2D eigenvalue weighted by Crippen LogP contribution is 2.08. The zero-order valence-electron chi connectivity index (χ0n) is 12.2. The van der Waals surface area contributed by atoms with Crippen molar-refractivity contribution in [3.8, 4) is 0 Å². The van der Waals surface area contributed by atoms with E-state index in [1.807, 2.05) is 13.0 Å². The van der Waals surface area contributed by atoms with Crippen molar-refractivity contribution in [3.05, 3.63) is 42.0 Å². The molecule has 0 saturated heterocycles. The van der Waals surface area contributed by atoms with Gasteiger partial charge in [-0.3, -0.25) is 0 Å². The summed E-state index contributed by atoms with van der Waals surface area (Å²) in [4.78, 5) is 0. The normalized spacial score (nSPS) is 12.3. The third kappa shape index (κ3) is 6.71. The molecule has 0 aromatic heterocycles. The minimum absolute atomic E-state index is 0.790. The fourth-order valence-corrected chi connectivity index (χ4v) is 4.03. The van der Waals surface area contributed by atoms with Gasteiger partial charge in [-0.1, -0.05) is 50.3 Å². The van der Waals surface area contributed by atoms with Gasteiger partial charge in [0, 0.05) is 13.2 Å². The lowest BCUT2D eigenvalue weighted by atomic mass is 10.1. The van der Waals surface area contributed by atoms with Crippen LogP contribution in [-0.4, -0.2) is 28.5 Å². The minimum atomic E-state index is -1.15. The molecule has 1 unspecified atom stereocenters. The fraction of sp³-hybridized carbons (Fsp3) is 0.500. The molecule has 1 atom stereocenters. The largest absolute Gasteiger partial charge is 0.417 e. The van der Waals surface area contributed by atoms with Gasteiger partial charge in [-0.2, -0.15) is 0 Å². The van der Waals surface area contributed by atoms with Crippen molar-refractivity contribution in [2.75, 3.05) is 19.4 Å². The summed E-state index contributed by atoms with van der Waals surface area (Å²) in [5.41, 5.74) is 2.49. The Morgan fingerprint density at radius 2 is 2.16 bits per heavy atom. The van der Waals surface area contributed by atoms with E-state index in [2.05, 4.69) is 37.8 Å². The summed E-state index contributed by atoms with van der Waals surface area (Å²) in [6.07, 6.45) is 4.89. The molecule has 0 bridgehead atoms. The first-order chi connectivity index (χ1) is 9.30. The maximum Gasteiger partial charge on any atom is 0.202 e. The molecule has 106 valence electrons. The zero-order chi connectivity index (χ0) is 13.9. The van der Waals surface area contributed by atoms with Crippen LogP contribution in [0.25, 0.3) is 6.08 Å². The van der Waals surface area contributed by atoms with Gasteiger partial charge in [0.05, 0.1) is 6.23 Å². The predicted molar refractivity (Wildman–Crippen MR) is 84.9 cm³/mol. The quantitative estimate of drug-likeness (QED) is 0.609. The SMILES string of the molecule is C=Cc1cccc(CCO[SiH](CCC)COCC)c1. The van der Waals surface area contributed by atoms with Crippen LogP contribution in [0.5, 0.6) is 0 Å². The van der Waals surface area contributed by atoms with E-state index in [1.165, 1.54) is 23.6 Å². The van der Waals surface area contributed by atoms with Crippen molar-refractivity contribution < 1.29 is 9.16 Å². The van der Waals surface area contributed by atoms with E-state index in [0.29, 0.717) is 0 Å². The van der Waals surface area contributed by atoms with Gasteiger partial charge in [0.15, 0.2) is 0 Å². The molecule has 1 rings (SSSR count). The molecule has 2 nitrogen and oxygen atoms in total. The van der Waals surface area contributed by atoms with E-state index in [9.17, 15) is 0 Å². The van der Waals surface area contributed by atoms with Gasteiger partial charge in [0.1, 0.15) is 0 Å². The topological polar surface area (TPSA) is 18.5 Å². The van der Waals surface area contributed by atoms with Gasteiger partial charge in [-0.05, 0) is 30.5 Å². The molecule has 0 aliphatic heterocycles. The summed E-state index contributed by atoms with van der Waals surface area (Å²) in [5.74, 6) is 0. The van der Waals surface area contributed by atoms with Gasteiger partial charge >= 0.3 is 0 Å². The van der Waals surface area contributed by atoms with E-state index in [0.717, 1.165) is 25.9 Å². The third-order valence-electron chi connectivity index (χ3n) is 3.05. The number of hydrogen-bond acceptors (Lipinski definition) is 2. The highest BCUT2D eigenvalue weighted by Gasteiger charge is 2.10. The van der Waals surface area contributed by atoms with Gasteiger partial charge in [-0.25, -0.2) is 0 Å². The van der Waals surface area contributed by atoms with Crippen LogP contribution in [0.2, 0.25) is 6.04 Å². The van der Waals surface area contributed by atoms with Crippen LogP contribution in [0, 0.1) is 0 Å². The highest BCUT2D eigenvalue weighted by atomic mass is 28.3. The fourth-order valence-electron chi connectivity index (χ4n) is 2.01. The van der Waals surface area contributed by atoms with Gasteiger partial charge in [-0.15, -0.1) is 0 Å². The molecule has 0 aliphatic carbocycles. The van der Waals surface area contributed by atoms with E-state index in [1.54, 1.807) is 0 Å². The van der Waals surface area contributed by atoms with Crippen LogP contribution in [-0.2, 0) is 15.6 Å². The maximum absolute atomic E-state index is 6.05. The van der Waals surface area contributed by atoms with Gasteiger partial charge < -0.3 is 9.16 Å². The van der Waals surface area contributed by atoms with E-state index in [-0.39, 0.29) is 0 Å². The molecule has 0 heterocycles. The number of hydrogen-bond donors (Lipinski definition) is 0. The molecule has 1 aromatic carbocycles. The second-order valence-corrected chi connectivity index (χ2v) is 7.13. The Kier molecular flexibility index (Phi) is 8.46. The van der Waals surface area contributed by atoms with Crippen molar-refractivity contribution in [2.24, 2.45) is 0 Å². The van der Waals surface area contributed by atoms with Crippen molar-refractivity contribution in [3.63, 3.8) is 0 Å². The van der Waals surface area contributed by atoms with E-state index in [4.69, 9.17) is 9.16 Å². The lowest BCUT2D eigenvalue weighted by Crippen LogP contribution is -2.26. The predicted octanol–water partition coefficient (Wildman–Crippen LogP) is 3.60.